The Morgan fingerprint density at radius 1 is 1.03 bits per heavy atom. The average molecular weight is 406 g/mol. The molecule has 0 aliphatic heterocycles. The van der Waals surface area contributed by atoms with Gasteiger partial charge in [-0.2, -0.15) is 13.2 Å². The molecule has 0 spiro atoms. The van der Waals surface area contributed by atoms with Crippen molar-refractivity contribution >= 4 is 11.8 Å². The van der Waals surface area contributed by atoms with Gasteiger partial charge in [0.25, 0.3) is 5.91 Å². The molecule has 0 saturated heterocycles. The molecule has 0 aliphatic carbocycles. The van der Waals surface area contributed by atoms with E-state index in [9.17, 15) is 22.8 Å². The molecule has 7 heteroatoms. The summed E-state index contributed by atoms with van der Waals surface area (Å²) in [6.45, 7) is 1.01. The number of nitrogens with one attached hydrogen (secondary N) is 1. The van der Waals surface area contributed by atoms with Crippen LogP contribution in [0.15, 0.2) is 54.6 Å². The second-order valence-corrected chi connectivity index (χ2v) is 6.94. The number of carbonyl (C=O) groups excluding carboxylic acids is 2. The van der Waals surface area contributed by atoms with Crippen LogP contribution >= 0.6 is 0 Å². The maximum atomic E-state index is 12.9. The minimum atomic E-state index is -4.45. The van der Waals surface area contributed by atoms with Crippen molar-refractivity contribution in [2.75, 3.05) is 13.6 Å². The molecule has 0 unspecified atom stereocenters. The summed E-state index contributed by atoms with van der Waals surface area (Å²) in [6, 6.07) is 15.8. The maximum absolute atomic E-state index is 12.9. The van der Waals surface area contributed by atoms with Gasteiger partial charge in [-0.15, -0.1) is 0 Å². The smallest absolute Gasteiger partial charge is 0.343 e. The van der Waals surface area contributed by atoms with Crippen LogP contribution in [-0.2, 0) is 11.3 Å². The monoisotopic (exact) mass is 406 g/mol. The summed E-state index contributed by atoms with van der Waals surface area (Å²) >= 11 is 0. The Kier molecular flexibility index (Phi) is 7.82. The third kappa shape index (κ3) is 6.93. The Morgan fingerprint density at radius 3 is 2.21 bits per heavy atom. The highest BCUT2D eigenvalue weighted by Crippen LogP contribution is 2.24. The summed E-state index contributed by atoms with van der Waals surface area (Å²) in [5.41, 5.74) is 1.90. The lowest BCUT2D eigenvalue weighted by Gasteiger charge is -2.24. The van der Waals surface area contributed by atoms with E-state index in [0.29, 0.717) is 6.54 Å². The van der Waals surface area contributed by atoms with Gasteiger partial charge in [0.2, 0.25) is 5.91 Å². The summed E-state index contributed by atoms with van der Waals surface area (Å²) in [7, 11) is 1.72. The van der Waals surface area contributed by atoms with E-state index < -0.39 is 18.6 Å². The molecule has 2 amide bonds. The average Bonchev–Trinajstić information content (AvgIpc) is 2.70. The predicted molar refractivity (Wildman–Crippen MR) is 105 cm³/mol. The first-order valence-corrected chi connectivity index (χ1v) is 9.45. The van der Waals surface area contributed by atoms with Gasteiger partial charge in [-0.1, -0.05) is 55.8 Å². The van der Waals surface area contributed by atoms with Crippen molar-refractivity contribution in [1.82, 2.24) is 10.2 Å². The first-order valence-electron chi connectivity index (χ1n) is 9.45. The van der Waals surface area contributed by atoms with Crippen molar-refractivity contribution < 1.29 is 22.8 Å². The Morgan fingerprint density at radius 2 is 1.66 bits per heavy atom. The number of rotatable bonds is 8. The fraction of sp³-hybridized carbons (Fsp3) is 0.364. The number of likely N-dealkylation sites (N-methyl/N-ethyl adjacent to an activating group) is 1. The highest BCUT2D eigenvalue weighted by Gasteiger charge is 2.28. The molecule has 0 radical (unpaired) electrons. The fourth-order valence-electron chi connectivity index (χ4n) is 3.07. The van der Waals surface area contributed by atoms with Gasteiger partial charge in [-0.25, -0.2) is 0 Å². The summed E-state index contributed by atoms with van der Waals surface area (Å²) in [5, 5.41) is 1.84. The second kappa shape index (κ2) is 10.1. The van der Waals surface area contributed by atoms with E-state index in [2.05, 4.69) is 0 Å². The molecular formula is C22H25F3N2O2. The van der Waals surface area contributed by atoms with E-state index in [-0.39, 0.29) is 17.4 Å². The summed E-state index contributed by atoms with van der Waals surface area (Å²) in [5.74, 6) is -1.01. The quantitative estimate of drug-likeness (QED) is 0.701. The molecule has 4 nitrogen and oxygen atoms in total. The molecule has 156 valence electrons. The third-order valence-corrected chi connectivity index (χ3v) is 4.54. The molecule has 0 bridgehead atoms. The molecule has 2 aromatic carbocycles. The van der Waals surface area contributed by atoms with E-state index in [1.54, 1.807) is 24.1 Å². The van der Waals surface area contributed by atoms with Gasteiger partial charge in [-0.05, 0) is 29.7 Å². The number of carbonyl (C=O) groups is 2. The van der Waals surface area contributed by atoms with Crippen molar-refractivity contribution in [3.05, 3.63) is 71.3 Å². The van der Waals surface area contributed by atoms with Gasteiger partial charge in [0.15, 0.2) is 0 Å². The van der Waals surface area contributed by atoms with Gasteiger partial charge >= 0.3 is 6.18 Å². The van der Waals surface area contributed by atoms with Crippen LogP contribution in [0.5, 0.6) is 0 Å². The number of hydrogen-bond acceptors (Lipinski definition) is 2. The normalized spacial score (nSPS) is 12.3. The minimum absolute atomic E-state index is 0.00467. The Balaban J connectivity index is 2.01. The molecule has 2 rings (SSSR count). The van der Waals surface area contributed by atoms with Gasteiger partial charge in [0, 0.05) is 19.2 Å². The molecular weight excluding hydrogens is 381 g/mol. The molecule has 0 saturated carbocycles. The first-order chi connectivity index (χ1) is 13.7. The van der Waals surface area contributed by atoms with Crippen molar-refractivity contribution in [2.24, 2.45) is 0 Å². The largest absolute Gasteiger partial charge is 0.405 e. The topological polar surface area (TPSA) is 49.4 Å². The zero-order valence-electron chi connectivity index (χ0n) is 16.5. The van der Waals surface area contributed by atoms with Crippen molar-refractivity contribution in [1.29, 1.82) is 0 Å². The van der Waals surface area contributed by atoms with Crippen molar-refractivity contribution in [2.45, 2.75) is 38.4 Å². The van der Waals surface area contributed by atoms with Gasteiger partial charge in [0.1, 0.15) is 6.54 Å². The van der Waals surface area contributed by atoms with E-state index in [4.69, 9.17) is 0 Å². The molecule has 0 fully saturated rings. The van der Waals surface area contributed by atoms with E-state index in [0.717, 1.165) is 24.0 Å². The van der Waals surface area contributed by atoms with Crippen LogP contribution in [0.4, 0.5) is 13.2 Å². The Hall–Kier alpha value is -2.83. The predicted octanol–water partition coefficient (Wildman–Crippen LogP) is 4.52. The zero-order chi connectivity index (χ0) is 21.4. The molecule has 0 aliphatic rings. The zero-order valence-corrected chi connectivity index (χ0v) is 16.5. The summed E-state index contributed by atoms with van der Waals surface area (Å²) < 4.78 is 36.6. The fourth-order valence-corrected chi connectivity index (χ4v) is 3.07. The lowest BCUT2D eigenvalue weighted by molar-refractivity contribution is -0.132. The van der Waals surface area contributed by atoms with E-state index in [1.807, 2.05) is 42.6 Å². The number of alkyl halides is 3. The Labute approximate surface area is 168 Å². The molecule has 2 aromatic rings. The Bertz CT molecular complexity index is 805. The van der Waals surface area contributed by atoms with E-state index >= 15 is 0 Å². The van der Waals surface area contributed by atoms with Crippen LogP contribution < -0.4 is 5.32 Å². The highest BCUT2D eigenvalue weighted by atomic mass is 19.4. The van der Waals surface area contributed by atoms with Gasteiger partial charge in [-0.3, -0.25) is 9.59 Å². The lowest BCUT2D eigenvalue weighted by atomic mass is 9.93. The molecule has 1 atom stereocenters. The van der Waals surface area contributed by atoms with Crippen molar-refractivity contribution in [3.63, 3.8) is 0 Å². The number of nitrogens with zero attached hydrogens (tertiary/aromatic N) is 1. The standard InChI is InChI=1S/C22H25F3N2O2/c1-3-7-19(17-8-5-4-6-9-17)21(29)27(2)14-16-10-12-18(13-11-16)20(28)26-15-22(23,24)25/h4-6,8-13,19H,3,7,14-15H2,1-2H3,(H,26,28)/t19-/m1/s1. The lowest BCUT2D eigenvalue weighted by Crippen LogP contribution is -2.33. The molecule has 1 N–H and O–H groups in total. The highest BCUT2D eigenvalue weighted by molar-refractivity contribution is 5.94. The number of halogens is 3. The summed E-state index contributed by atoms with van der Waals surface area (Å²) in [6.07, 6.45) is -2.83. The molecule has 0 aromatic heterocycles. The second-order valence-electron chi connectivity index (χ2n) is 6.94. The maximum Gasteiger partial charge on any atom is 0.405 e. The van der Waals surface area contributed by atoms with Crippen LogP contribution in [-0.4, -0.2) is 36.5 Å². The van der Waals surface area contributed by atoms with Crippen LogP contribution in [0.25, 0.3) is 0 Å². The van der Waals surface area contributed by atoms with Crippen LogP contribution in [0.3, 0.4) is 0 Å². The van der Waals surface area contributed by atoms with Crippen LogP contribution in [0, 0.1) is 0 Å². The number of hydrogen-bond donors (Lipinski definition) is 1. The third-order valence-electron chi connectivity index (χ3n) is 4.54. The summed E-state index contributed by atoms with van der Waals surface area (Å²) in [4.78, 5) is 26.4. The van der Waals surface area contributed by atoms with Crippen LogP contribution in [0.1, 0.15) is 47.2 Å². The number of benzene rings is 2. The van der Waals surface area contributed by atoms with Gasteiger partial charge < -0.3 is 10.2 Å². The number of amides is 2. The molecule has 29 heavy (non-hydrogen) atoms. The van der Waals surface area contributed by atoms with E-state index in [1.165, 1.54) is 12.1 Å². The van der Waals surface area contributed by atoms with Crippen LogP contribution in [0.2, 0.25) is 0 Å². The molecule has 0 heterocycles. The van der Waals surface area contributed by atoms with Gasteiger partial charge in [0.05, 0.1) is 5.92 Å². The SMILES string of the molecule is CCC[C@@H](C(=O)N(C)Cc1ccc(C(=O)NCC(F)(F)F)cc1)c1ccccc1. The van der Waals surface area contributed by atoms with Crippen molar-refractivity contribution in [3.8, 4) is 0 Å². The minimum Gasteiger partial charge on any atom is -0.343 e. The first kappa shape index (κ1) is 22.5.